The van der Waals surface area contributed by atoms with Crippen LogP contribution in [0.25, 0.3) is 0 Å². The first-order valence-electron chi connectivity index (χ1n) is 7.26. The topological polar surface area (TPSA) is 6.48 Å². The summed E-state index contributed by atoms with van der Waals surface area (Å²) >= 11 is -2.41. The van der Waals surface area contributed by atoms with Gasteiger partial charge in [-0.2, -0.15) is 0 Å². The predicted octanol–water partition coefficient (Wildman–Crippen LogP) is 3.93. The van der Waals surface area contributed by atoms with Gasteiger partial charge in [0.25, 0.3) is 0 Å². The van der Waals surface area contributed by atoms with Gasteiger partial charge in [-0.1, -0.05) is 0 Å². The number of rotatable bonds is 7. The molecule has 0 fully saturated rings. The maximum atomic E-state index is 2.84. The number of nitrogens with zero attached hydrogens (tertiary/aromatic N) is 2. The molecule has 0 saturated heterocycles. The van der Waals surface area contributed by atoms with E-state index in [9.17, 15) is 0 Å². The van der Waals surface area contributed by atoms with Crippen LogP contribution in [0.1, 0.15) is 55.4 Å². The van der Waals surface area contributed by atoms with E-state index in [0.29, 0.717) is 12.1 Å². The normalized spacial score (nSPS) is 13.8. The Morgan fingerprint density at radius 1 is 0.765 bits per heavy atom. The molecule has 17 heavy (non-hydrogen) atoms. The van der Waals surface area contributed by atoms with Crippen molar-refractivity contribution in [1.82, 2.24) is 6.24 Å². The molecule has 0 aromatic heterocycles. The molecular formula is C14H34N2Sn. The van der Waals surface area contributed by atoms with Crippen LogP contribution in [-0.2, 0) is 0 Å². The second kappa shape index (κ2) is 7.34. The summed E-state index contributed by atoms with van der Waals surface area (Å²) in [7, 11) is 0. The van der Waals surface area contributed by atoms with Crippen LogP contribution in [0.3, 0.4) is 0 Å². The SMILES string of the molecule is CC[N](C(C)C)[Sn]([CH3])([CH](C)C)[N](CC)C(C)C. The van der Waals surface area contributed by atoms with Crippen LogP contribution < -0.4 is 0 Å². The van der Waals surface area contributed by atoms with Crippen molar-refractivity contribution in [2.24, 2.45) is 0 Å². The van der Waals surface area contributed by atoms with Crippen molar-refractivity contribution in [1.29, 1.82) is 0 Å². The molecule has 0 unspecified atom stereocenters. The van der Waals surface area contributed by atoms with Gasteiger partial charge in [0.15, 0.2) is 0 Å². The Labute approximate surface area is 114 Å². The van der Waals surface area contributed by atoms with Gasteiger partial charge in [0.05, 0.1) is 0 Å². The van der Waals surface area contributed by atoms with E-state index < -0.39 is 18.9 Å². The van der Waals surface area contributed by atoms with Gasteiger partial charge in [-0.05, 0) is 0 Å². The fourth-order valence-corrected chi connectivity index (χ4v) is 17.6. The Morgan fingerprint density at radius 3 is 1.18 bits per heavy atom. The second-order valence-electron chi connectivity index (χ2n) is 6.01. The summed E-state index contributed by atoms with van der Waals surface area (Å²) in [4.78, 5) is 2.62. The van der Waals surface area contributed by atoms with Crippen molar-refractivity contribution in [3.8, 4) is 0 Å². The van der Waals surface area contributed by atoms with Gasteiger partial charge < -0.3 is 0 Å². The van der Waals surface area contributed by atoms with E-state index in [1.165, 1.54) is 13.1 Å². The monoisotopic (exact) mass is 350 g/mol. The number of hydrogen-bond acceptors (Lipinski definition) is 2. The predicted molar refractivity (Wildman–Crippen MR) is 81.7 cm³/mol. The molecule has 104 valence electrons. The molecule has 0 aromatic carbocycles. The van der Waals surface area contributed by atoms with Crippen molar-refractivity contribution in [3.05, 3.63) is 0 Å². The van der Waals surface area contributed by atoms with E-state index in [1.807, 2.05) is 0 Å². The van der Waals surface area contributed by atoms with Gasteiger partial charge in [-0.15, -0.1) is 0 Å². The second-order valence-corrected chi connectivity index (χ2v) is 18.8. The molecular weight excluding hydrogens is 315 g/mol. The van der Waals surface area contributed by atoms with E-state index in [-0.39, 0.29) is 0 Å². The quantitative estimate of drug-likeness (QED) is 0.643. The van der Waals surface area contributed by atoms with E-state index in [0.717, 1.165) is 3.93 Å². The fourth-order valence-electron chi connectivity index (χ4n) is 3.24. The Kier molecular flexibility index (Phi) is 7.65. The van der Waals surface area contributed by atoms with E-state index in [2.05, 4.69) is 66.6 Å². The van der Waals surface area contributed by atoms with Gasteiger partial charge in [0.1, 0.15) is 0 Å². The molecule has 0 aliphatic heterocycles. The van der Waals surface area contributed by atoms with Crippen molar-refractivity contribution in [2.75, 3.05) is 13.1 Å². The molecule has 0 bridgehead atoms. The maximum absolute atomic E-state index is 2.84. The minimum atomic E-state index is -2.41. The Balaban J connectivity index is 5.40. The molecule has 0 amide bonds. The summed E-state index contributed by atoms with van der Waals surface area (Å²) in [6.07, 6.45) is 0. The number of hydrogen-bond donors (Lipinski definition) is 0. The van der Waals surface area contributed by atoms with Crippen LogP contribution in [0.4, 0.5) is 0 Å². The zero-order valence-corrected chi connectivity index (χ0v) is 16.4. The van der Waals surface area contributed by atoms with Crippen molar-refractivity contribution in [2.45, 2.75) is 76.3 Å². The zero-order valence-electron chi connectivity index (χ0n) is 13.5. The van der Waals surface area contributed by atoms with Crippen LogP contribution in [0, 0.1) is 0 Å². The van der Waals surface area contributed by atoms with E-state index >= 15 is 0 Å². The van der Waals surface area contributed by atoms with Crippen LogP contribution in [0.2, 0.25) is 8.87 Å². The molecule has 3 heteroatoms. The van der Waals surface area contributed by atoms with Crippen molar-refractivity contribution >= 4 is 18.9 Å². The third-order valence-corrected chi connectivity index (χ3v) is 21.8. The molecule has 0 aliphatic rings. The first-order valence-corrected chi connectivity index (χ1v) is 14.3. The van der Waals surface area contributed by atoms with Gasteiger partial charge in [-0.3, -0.25) is 0 Å². The van der Waals surface area contributed by atoms with Crippen molar-refractivity contribution < 1.29 is 0 Å². The van der Waals surface area contributed by atoms with Crippen LogP contribution in [0.5, 0.6) is 0 Å². The standard InChI is InChI=1S/2C5H12N.C3H7.CH3.Sn/c2*1-4-6-5(2)3;1-3-2;;/h2*5H,4H2,1-3H3;3H,1-2H3;1H3;/q2*-1;;;+2. The first kappa shape index (κ1) is 17.7. The fraction of sp³-hybridized carbons (Fsp3) is 1.00. The molecule has 2 nitrogen and oxygen atoms in total. The molecule has 0 rings (SSSR count). The molecule has 0 aliphatic carbocycles. The summed E-state index contributed by atoms with van der Waals surface area (Å²) in [5.41, 5.74) is 0. The Bertz CT molecular complexity index is 198. The molecule has 0 spiro atoms. The van der Waals surface area contributed by atoms with Crippen LogP contribution in [-0.4, -0.2) is 50.3 Å². The average molecular weight is 349 g/mol. The third kappa shape index (κ3) is 3.84. The van der Waals surface area contributed by atoms with Crippen LogP contribution >= 0.6 is 0 Å². The van der Waals surface area contributed by atoms with E-state index in [1.54, 1.807) is 0 Å². The van der Waals surface area contributed by atoms with Gasteiger partial charge in [0, 0.05) is 0 Å². The average Bonchev–Trinajstić information content (AvgIpc) is 2.17. The third-order valence-electron chi connectivity index (χ3n) is 4.18. The molecule has 0 N–H and O–H groups in total. The summed E-state index contributed by atoms with van der Waals surface area (Å²) in [6.45, 7) is 21.3. The van der Waals surface area contributed by atoms with E-state index in [4.69, 9.17) is 0 Å². The summed E-state index contributed by atoms with van der Waals surface area (Å²) < 4.78 is 6.50. The Morgan fingerprint density at radius 2 is 1.06 bits per heavy atom. The Hall–Kier alpha value is 0.719. The van der Waals surface area contributed by atoms with Gasteiger partial charge in [-0.25, -0.2) is 0 Å². The zero-order chi connectivity index (χ0) is 13.8. The first-order chi connectivity index (χ1) is 7.73. The van der Waals surface area contributed by atoms with Gasteiger partial charge >= 0.3 is 115 Å². The summed E-state index contributed by atoms with van der Waals surface area (Å²) in [5, 5.41) is 0. The summed E-state index contributed by atoms with van der Waals surface area (Å²) in [5.74, 6) is 0. The molecule has 0 atom stereocenters. The van der Waals surface area contributed by atoms with Crippen LogP contribution in [0.15, 0.2) is 0 Å². The van der Waals surface area contributed by atoms with Crippen molar-refractivity contribution in [3.63, 3.8) is 0 Å². The summed E-state index contributed by atoms with van der Waals surface area (Å²) in [6, 6.07) is 1.35. The molecule has 0 radical (unpaired) electrons. The molecule has 0 aromatic rings. The minimum absolute atomic E-state index is 0.677. The molecule has 0 heterocycles. The van der Waals surface area contributed by atoms with Gasteiger partial charge in [0.2, 0.25) is 0 Å². The molecule has 0 saturated carbocycles.